The van der Waals surface area contributed by atoms with Gasteiger partial charge < -0.3 is 4.74 Å². The molecule has 2 aromatic rings. The summed E-state index contributed by atoms with van der Waals surface area (Å²) >= 11 is 0. The van der Waals surface area contributed by atoms with Gasteiger partial charge in [0.05, 0.1) is 5.69 Å². The number of nitrogens with one attached hydrogen (secondary N) is 1. The summed E-state index contributed by atoms with van der Waals surface area (Å²) in [4.78, 5) is 15.7. The predicted molar refractivity (Wildman–Crippen MR) is 71.4 cm³/mol. The van der Waals surface area contributed by atoms with E-state index in [1.807, 2.05) is 25.1 Å². The van der Waals surface area contributed by atoms with E-state index in [-0.39, 0.29) is 12.5 Å². The molecule has 1 amide bonds. The largest absolute Gasteiger partial charge is 0.487 e. The molecule has 5 heteroatoms. The van der Waals surface area contributed by atoms with Gasteiger partial charge in [0.2, 0.25) is 0 Å². The molecule has 0 bridgehead atoms. The lowest BCUT2D eigenvalue weighted by Crippen LogP contribution is -2.30. The fourth-order valence-electron chi connectivity index (χ4n) is 1.72. The van der Waals surface area contributed by atoms with E-state index in [0.29, 0.717) is 11.3 Å². The SMILES string of the molecule is Cc1ncccc1OCc1ccccc1C(=O)NN. The minimum absolute atomic E-state index is 0.288. The van der Waals surface area contributed by atoms with Crippen molar-refractivity contribution in [2.75, 3.05) is 0 Å². The van der Waals surface area contributed by atoms with Crippen molar-refractivity contribution in [1.29, 1.82) is 0 Å². The lowest BCUT2D eigenvalue weighted by atomic mass is 10.1. The first-order chi connectivity index (χ1) is 9.22. The molecule has 0 fully saturated rings. The number of hydrogen-bond acceptors (Lipinski definition) is 4. The molecule has 5 nitrogen and oxygen atoms in total. The van der Waals surface area contributed by atoms with Gasteiger partial charge in [-0.05, 0) is 25.1 Å². The van der Waals surface area contributed by atoms with Crippen LogP contribution in [0.5, 0.6) is 5.75 Å². The lowest BCUT2D eigenvalue weighted by Gasteiger charge is -2.11. The molecule has 0 saturated heterocycles. The number of hydrogen-bond donors (Lipinski definition) is 2. The highest BCUT2D eigenvalue weighted by atomic mass is 16.5. The van der Waals surface area contributed by atoms with Crippen LogP contribution in [-0.4, -0.2) is 10.9 Å². The summed E-state index contributed by atoms with van der Waals surface area (Å²) in [5.74, 6) is 5.52. The quantitative estimate of drug-likeness (QED) is 0.495. The lowest BCUT2D eigenvalue weighted by molar-refractivity contribution is 0.0951. The first kappa shape index (κ1) is 13.0. The van der Waals surface area contributed by atoms with Crippen LogP contribution in [0.15, 0.2) is 42.6 Å². The maximum Gasteiger partial charge on any atom is 0.265 e. The molecule has 0 atom stereocenters. The van der Waals surface area contributed by atoms with Gasteiger partial charge in [-0.3, -0.25) is 15.2 Å². The molecule has 3 N–H and O–H groups in total. The average molecular weight is 257 g/mol. The molecule has 98 valence electrons. The molecule has 0 radical (unpaired) electrons. The Kier molecular flexibility index (Phi) is 4.10. The van der Waals surface area contributed by atoms with E-state index >= 15 is 0 Å². The minimum atomic E-state index is -0.331. The maximum atomic E-state index is 11.6. The van der Waals surface area contributed by atoms with Crippen LogP contribution in [0.1, 0.15) is 21.6 Å². The van der Waals surface area contributed by atoms with Gasteiger partial charge in [0.15, 0.2) is 0 Å². The van der Waals surface area contributed by atoms with Crippen molar-refractivity contribution in [1.82, 2.24) is 10.4 Å². The summed E-state index contributed by atoms with van der Waals surface area (Å²) < 4.78 is 5.67. The van der Waals surface area contributed by atoms with Crippen molar-refractivity contribution in [2.45, 2.75) is 13.5 Å². The van der Waals surface area contributed by atoms with E-state index in [4.69, 9.17) is 10.6 Å². The zero-order chi connectivity index (χ0) is 13.7. The van der Waals surface area contributed by atoms with Crippen LogP contribution >= 0.6 is 0 Å². The third-order valence-electron chi connectivity index (χ3n) is 2.73. The second-order valence-electron chi connectivity index (χ2n) is 4.01. The molecule has 0 saturated carbocycles. The van der Waals surface area contributed by atoms with Crippen molar-refractivity contribution < 1.29 is 9.53 Å². The van der Waals surface area contributed by atoms with Crippen molar-refractivity contribution in [3.8, 4) is 5.75 Å². The third kappa shape index (κ3) is 3.08. The summed E-state index contributed by atoms with van der Waals surface area (Å²) in [5.41, 5.74) is 4.21. The Morgan fingerprint density at radius 1 is 1.32 bits per heavy atom. The van der Waals surface area contributed by atoms with Crippen LogP contribution in [0, 0.1) is 6.92 Å². The highest BCUT2D eigenvalue weighted by molar-refractivity contribution is 5.95. The van der Waals surface area contributed by atoms with Crippen molar-refractivity contribution in [3.05, 3.63) is 59.4 Å². The predicted octanol–water partition coefficient (Wildman–Crippen LogP) is 1.57. The Labute approximate surface area is 111 Å². The number of amides is 1. The van der Waals surface area contributed by atoms with E-state index in [9.17, 15) is 4.79 Å². The van der Waals surface area contributed by atoms with Gasteiger partial charge in [-0.2, -0.15) is 0 Å². The molecular weight excluding hydrogens is 242 g/mol. The van der Waals surface area contributed by atoms with Gasteiger partial charge in [-0.1, -0.05) is 18.2 Å². The molecule has 1 aromatic heterocycles. The fraction of sp³-hybridized carbons (Fsp3) is 0.143. The number of aryl methyl sites for hydroxylation is 1. The van der Waals surface area contributed by atoms with Crippen molar-refractivity contribution in [2.24, 2.45) is 5.84 Å². The van der Waals surface area contributed by atoms with Gasteiger partial charge >= 0.3 is 0 Å². The molecule has 0 aliphatic carbocycles. The number of rotatable bonds is 4. The number of hydrazine groups is 1. The molecule has 1 heterocycles. The van der Waals surface area contributed by atoms with Gasteiger partial charge in [-0.25, -0.2) is 5.84 Å². The van der Waals surface area contributed by atoms with Crippen LogP contribution in [0.3, 0.4) is 0 Å². The molecule has 0 spiro atoms. The van der Waals surface area contributed by atoms with Crippen molar-refractivity contribution >= 4 is 5.91 Å². The second kappa shape index (κ2) is 5.97. The Bertz CT molecular complexity index is 584. The summed E-state index contributed by atoms with van der Waals surface area (Å²) in [6.07, 6.45) is 1.71. The first-order valence-electron chi connectivity index (χ1n) is 5.85. The maximum absolute atomic E-state index is 11.6. The van der Waals surface area contributed by atoms with Crippen LogP contribution in [0.25, 0.3) is 0 Å². The number of carbonyl (C=O) groups is 1. The second-order valence-corrected chi connectivity index (χ2v) is 4.01. The van der Waals surface area contributed by atoms with E-state index in [1.165, 1.54) is 0 Å². The number of carbonyl (C=O) groups excluding carboxylic acids is 1. The molecule has 19 heavy (non-hydrogen) atoms. The van der Waals surface area contributed by atoms with Crippen LogP contribution in [-0.2, 0) is 6.61 Å². The molecule has 0 unspecified atom stereocenters. The van der Waals surface area contributed by atoms with Gasteiger partial charge in [0.1, 0.15) is 12.4 Å². The number of ether oxygens (including phenoxy) is 1. The van der Waals surface area contributed by atoms with Gasteiger partial charge in [0.25, 0.3) is 5.91 Å². The summed E-state index contributed by atoms with van der Waals surface area (Å²) in [6.45, 7) is 2.16. The van der Waals surface area contributed by atoms with Crippen molar-refractivity contribution in [3.63, 3.8) is 0 Å². The number of nitrogens with two attached hydrogens (primary N) is 1. The highest BCUT2D eigenvalue weighted by Crippen LogP contribution is 2.17. The number of nitrogen functional groups attached to an aromatic ring is 1. The fourth-order valence-corrected chi connectivity index (χ4v) is 1.72. The Hall–Kier alpha value is -2.40. The Morgan fingerprint density at radius 2 is 2.11 bits per heavy atom. The van der Waals surface area contributed by atoms with Crippen LogP contribution < -0.4 is 16.0 Å². The average Bonchev–Trinajstić information content (AvgIpc) is 2.46. The van der Waals surface area contributed by atoms with Crippen LogP contribution in [0.2, 0.25) is 0 Å². The highest BCUT2D eigenvalue weighted by Gasteiger charge is 2.10. The zero-order valence-electron chi connectivity index (χ0n) is 10.6. The van der Waals surface area contributed by atoms with Gasteiger partial charge in [-0.15, -0.1) is 0 Å². The monoisotopic (exact) mass is 257 g/mol. The Morgan fingerprint density at radius 3 is 2.84 bits per heavy atom. The number of aromatic nitrogens is 1. The Balaban J connectivity index is 2.16. The van der Waals surface area contributed by atoms with E-state index in [1.54, 1.807) is 24.4 Å². The third-order valence-corrected chi connectivity index (χ3v) is 2.73. The first-order valence-corrected chi connectivity index (χ1v) is 5.85. The van der Waals surface area contributed by atoms with Crippen LogP contribution in [0.4, 0.5) is 0 Å². The minimum Gasteiger partial charge on any atom is -0.487 e. The molecule has 0 aliphatic heterocycles. The summed E-state index contributed by atoms with van der Waals surface area (Å²) in [6, 6.07) is 10.8. The zero-order valence-corrected chi connectivity index (χ0v) is 10.6. The normalized spacial score (nSPS) is 10.0. The number of pyridine rings is 1. The molecule has 0 aliphatic rings. The molecule has 2 rings (SSSR count). The van der Waals surface area contributed by atoms with Gasteiger partial charge in [0, 0.05) is 17.3 Å². The van der Waals surface area contributed by atoms with E-state index < -0.39 is 0 Å². The number of benzene rings is 1. The summed E-state index contributed by atoms with van der Waals surface area (Å²) in [7, 11) is 0. The smallest absolute Gasteiger partial charge is 0.265 e. The molecular formula is C14H15N3O2. The van der Waals surface area contributed by atoms with E-state index in [2.05, 4.69) is 10.4 Å². The topological polar surface area (TPSA) is 77.2 Å². The summed E-state index contributed by atoms with van der Waals surface area (Å²) in [5, 5.41) is 0. The van der Waals surface area contributed by atoms with E-state index in [0.717, 1.165) is 11.3 Å². The number of nitrogens with zero attached hydrogens (tertiary/aromatic N) is 1. The molecule has 1 aromatic carbocycles. The standard InChI is InChI=1S/C14H15N3O2/c1-10-13(7-4-8-16-10)19-9-11-5-2-3-6-12(11)14(18)17-15/h2-8H,9,15H2,1H3,(H,17,18).